The Morgan fingerprint density at radius 1 is 1.17 bits per heavy atom. The molecule has 1 fully saturated rings. The quantitative estimate of drug-likeness (QED) is 0.912. The molecule has 1 aliphatic heterocycles. The van der Waals surface area contributed by atoms with Crippen LogP contribution >= 0.6 is 0 Å². The number of hydrogen-bond acceptors (Lipinski definition) is 4. The lowest BCUT2D eigenvalue weighted by atomic mass is 10.2. The van der Waals surface area contributed by atoms with E-state index in [0.29, 0.717) is 11.5 Å². The van der Waals surface area contributed by atoms with Gasteiger partial charge in [-0.15, -0.1) is 0 Å². The van der Waals surface area contributed by atoms with Crippen molar-refractivity contribution in [3.8, 4) is 11.5 Å². The predicted octanol–water partition coefficient (Wildman–Crippen LogP) is 3.54. The summed E-state index contributed by atoms with van der Waals surface area (Å²) in [4.78, 5) is 0. The lowest BCUT2D eigenvalue weighted by Crippen LogP contribution is -2.50. The predicted molar refractivity (Wildman–Crippen MR) is 76.5 cm³/mol. The molecule has 1 aromatic carbocycles. The summed E-state index contributed by atoms with van der Waals surface area (Å²) in [7, 11) is 0. The van der Waals surface area contributed by atoms with Crippen LogP contribution in [0, 0.1) is 6.92 Å². The molecule has 1 aromatic heterocycles. The molecular formula is C16H16F3NO3. The van der Waals surface area contributed by atoms with E-state index >= 15 is 0 Å². The third kappa shape index (κ3) is 3.79. The first-order valence-corrected chi connectivity index (χ1v) is 7.18. The lowest BCUT2D eigenvalue weighted by molar-refractivity contribution is -0.153. The van der Waals surface area contributed by atoms with Gasteiger partial charge in [0.1, 0.15) is 18.5 Å². The second-order valence-electron chi connectivity index (χ2n) is 5.40. The van der Waals surface area contributed by atoms with E-state index in [1.165, 1.54) is 6.07 Å². The number of benzene rings is 1. The van der Waals surface area contributed by atoms with Gasteiger partial charge in [-0.1, -0.05) is 6.07 Å². The minimum atomic E-state index is -4.49. The average molecular weight is 327 g/mol. The van der Waals surface area contributed by atoms with Gasteiger partial charge in [-0.2, -0.15) is 13.2 Å². The SMILES string of the molecule is Cc1ccc(OCc2ccc(C(F)(F)F)o2)c(OC2CNC2)c1. The van der Waals surface area contributed by atoms with Gasteiger partial charge in [-0.05, 0) is 36.8 Å². The summed E-state index contributed by atoms with van der Waals surface area (Å²) in [6.45, 7) is 3.36. The van der Waals surface area contributed by atoms with E-state index in [-0.39, 0.29) is 18.5 Å². The van der Waals surface area contributed by atoms with Gasteiger partial charge in [0.05, 0.1) is 0 Å². The standard InChI is InChI=1S/C16H16F3NO3/c1-10-2-4-13(14(6-10)22-12-7-20-8-12)21-9-11-3-5-15(23-11)16(17,18)19/h2-6,12,20H,7-9H2,1H3. The van der Waals surface area contributed by atoms with Gasteiger partial charge in [-0.25, -0.2) is 0 Å². The molecule has 4 nitrogen and oxygen atoms in total. The Hall–Kier alpha value is -2.15. The van der Waals surface area contributed by atoms with Crippen molar-refractivity contribution in [3.63, 3.8) is 0 Å². The summed E-state index contributed by atoms with van der Waals surface area (Å²) in [5, 5.41) is 3.10. The van der Waals surface area contributed by atoms with Crippen LogP contribution in [-0.2, 0) is 12.8 Å². The molecule has 0 radical (unpaired) electrons. The lowest BCUT2D eigenvalue weighted by Gasteiger charge is -2.28. The highest BCUT2D eigenvalue weighted by Crippen LogP contribution is 2.33. The highest BCUT2D eigenvalue weighted by Gasteiger charge is 2.34. The number of nitrogens with one attached hydrogen (secondary N) is 1. The molecule has 0 bridgehead atoms. The molecule has 2 aromatic rings. The zero-order valence-electron chi connectivity index (χ0n) is 12.4. The van der Waals surface area contributed by atoms with Crippen molar-refractivity contribution in [1.29, 1.82) is 0 Å². The highest BCUT2D eigenvalue weighted by atomic mass is 19.4. The fraction of sp³-hybridized carbons (Fsp3) is 0.375. The summed E-state index contributed by atoms with van der Waals surface area (Å²) in [6, 6.07) is 7.59. The molecule has 1 N–H and O–H groups in total. The van der Waals surface area contributed by atoms with E-state index in [1.54, 1.807) is 6.07 Å². The second kappa shape index (κ2) is 6.16. The van der Waals surface area contributed by atoms with Gasteiger partial charge >= 0.3 is 6.18 Å². The first-order valence-electron chi connectivity index (χ1n) is 7.18. The molecule has 0 saturated carbocycles. The van der Waals surface area contributed by atoms with Gasteiger partial charge in [0.2, 0.25) is 5.76 Å². The molecule has 0 amide bonds. The largest absolute Gasteiger partial charge is 0.484 e. The Morgan fingerprint density at radius 3 is 2.57 bits per heavy atom. The Labute approximate surface area is 131 Å². The summed E-state index contributed by atoms with van der Waals surface area (Å²) < 4.78 is 53.6. The van der Waals surface area contributed by atoms with Gasteiger partial charge in [0, 0.05) is 13.1 Å². The van der Waals surface area contributed by atoms with Crippen LogP contribution in [0.1, 0.15) is 17.1 Å². The van der Waals surface area contributed by atoms with Crippen molar-refractivity contribution >= 4 is 0 Å². The molecule has 0 unspecified atom stereocenters. The van der Waals surface area contributed by atoms with Crippen molar-refractivity contribution in [2.75, 3.05) is 13.1 Å². The van der Waals surface area contributed by atoms with Gasteiger partial charge in [0.15, 0.2) is 11.5 Å². The number of alkyl halides is 3. The maximum absolute atomic E-state index is 12.5. The van der Waals surface area contributed by atoms with Crippen LogP contribution in [0.15, 0.2) is 34.7 Å². The second-order valence-corrected chi connectivity index (χ2v) is 5.40. The molecule has 7 heteroatoms. The molecular weight excluding hydrogens is 311 g/mol. The third-order valence-electron chi connectivity index (χ3n) is 3.45. The number of aryl methyl sites for hydroxylation is 1. The van der Waals surface area contributed by atoms with Crippen molar-refractivity contribution in [3.05, 3.63) is 47.4 Å². The molecule has 124 valence electrons. The molecule has 1 saturated heterocycles. The van der Waals surface area contributed by atoms with Crippen LogP contribution in [-0.4, -0.2) is 19.2 Å². The van der Waals surface area contributed by atoms with Crippen LogP contribution in [0.3, 0.4) is 0 Å². The van der Waals surface area contributed by atoms with E-state index in [2.05, 4.69) is 5.32 Å². The number of rotatable bonds is 5. The molecule has 23 heavy (non-hydrogen) atoms. The summed E-state index contributed by atoms with van der Waals surface area (Å²) in [5.74, 6) is 0.137. The maximum Gasteiger partial charge on any atom is 0.449 e. The van der Waals surface area contributed by atoms with Crippen LogP contribution in [0.2, 0.25) is 0 Å². The maximum atomic E-state index is 12.5. The smallest absolute Gasteiger partial charge is 0.449 e. The van der Waals surface area contributed by atoms with Crippen LogP contribution < -0.4 is 14.8 Å². The fourth-order valence-corrected chi connectivity index (χ4v) is 2.11. The van der Waals surface area contributed by atoms with E-state index in [4.69, 9.17) is 13.9 Å². The summed E-state index contributed by atoms with van der Waals surface area (Å²) >= 11 is 0. The normalized spacial score (nSPS) is 15.3. The minimum absolute atomic E-state index is 0.0830. The summed E-state index contributed by atoms with van der Waals surface area (Å²) in [6.07, 6.45) is -4.41. The topological polar surface area (TPSA) is 43.6 Å². The van der Waals surface area contributed by atoms with Crippen LogP contribution in [0.25, 0.3) is 0 Å². The molecule has 3 rings (SSSR count). The molecule has 0 atom stereocenters. The van der Waals surface area contributed by atoms with E-state index in [0.717, 1.165) is 24.7 Å². The zero-order valence-corrected chi connectivity index (χ0v) is 12.4. The number of furan rings is 1. The third-order valence-corrected chi connectivity index (χ3v) is 3.45. The summed E-state index contributed by atoms with van der Waals surface area (Å²) in [5.41, 5.74) is 1.01. The van der Waals surface area contributed by atoms with Gasteiger partial charge in [-0.3, -0.25) is 0 Å². The number of halogens is 3. The van der Waals surface area contributed by atoms with Crippen LogP contribution in [0.4, 0.5) is 13.2 Å². The van der Waals surface area contributed by atoms with Crippen molar-refractivity contribution in [2.24, 2.45) is 0 Å². The number of hydrogen-bond donors (Lipinski definition) is 1. The van der Waals surface area contributed by atoms with Crippen molar-refractivity contribution in [1.82, 2.24) is 5.32 Å². The van der Waals surface area contributed by atoms with E-state index in [1.807, 2.05) is 19.1 Å². The fourth-order valence-electron chi connectivity index (χ4n) is 2.11. The van der Waals surface area contributed by atoms with Gasteiger partial charge in [0.25, 0.3) is 0 Å². The highest BCUT2D eigenvalue weighted by molar-refractivity contribution is 5.43. The number of ether oxygens (including phenoxy) is 2. The Morgan fingerprint density at radius 2 is 1.96 bits per heavy atom. The molecule has 0 spiro atoms. The Bertz CT molecular complexity index is 677. The Kier molecular flexibility index (Phi) is 4.21. The average Bonchev–Trinajstić information content (AvgIpc) is 2.91. The van der Waals surface area contributed by atoms with Crippen LogP contribution in [0.5, 0.6) is 11.5 Å². The molecule has 1 aliphatic rings. The van der Waals surface area contributed by atoms with Crippen molar-refractivity contribution < 1.29 is 27.1 Å². The van der Waals surface area contributed by atoms with Gasteiger partial charge < -0.3 is 19.2 Å². The first-order chi connectivity index (χ1) is 10.9. The minimum Gasteiger partial charge on any atom is -0.484 e. The van der Waals surface area contributed by atoms with Crippen molar-refractivity contribution in [2.45, 2.75) is 25.8 Å². The van der Waals surface area contributed by atoms with E-state index in [9.17, 15) is 13.2 Å². The first kappa shape index (κ1) is 15.7. The molecule has 2 heterocycles. The zero-order chi connectivity index (χ0) is 16.4. The Balaban J connectivity index is 1.68. The monoisotopic (exact) mass is 327 g/mol. The molecule has 0 aliphatic carbocycles. The van der Waals surface area contributed by atoms with E-state index < -0.39 is 11.9 Å².